The summed E-state index contributed by atoms with van der Waals surface area (Å²) in [5, 5.41) is 30.9. The van der Waals surface area contributed by atoms with Crippen LogP contribution in [0.4, 0.5) is 0 Å². The average Bonchev–Trinajstić information content (AvgIpc) is 3.11. The highest BCUT2D eigenvalue weighted by molar-refractivity contribution is 5.94. The van der Waals surface area contributed by atoms with Gasteiger partial charge in [-0.1, -0.05) is 0 Å². The highest BCUT2D eigenvalue weighted by Crippen LogP contribution is 2.18. The van der Waals surface area contributed by atoms with E-state index in [1.807, 2.05) is 0 Å². The molecule has 0 saturated carbocycles. The van der Waals surface area contributed by atoms with Crippen molar-refractivity contribution in [2.24, 2.45) is 5.73 Å². The molecule has 152 valence electrons. The van der Waals surface area contributed by atoms with E-state index >= 15 is 0 Å². The lowest BCUT2D eigenvalue weighted by Gasteiger charge is -2.27. The van der Waals surface area contributed by atoms with Crippen molar-refractivity contribution in [1.82, 2.24) is 15.5 Å². The van der Waals surface area contributed by atoms with Gasteiger partial charge in [0.2, 0.25) is 17.7 Å². The van der Waals surface area contributed by atoms with Crippen LogP contribution < -0.4 is 16.4 Å². The number of nitrogens with one attached hydrogen (secondary N) is 2. The number of hydrogen-bond donors (Lipinski definition) is 6. The summed E-state index contributed by atoms with van der Waals surface area (Å²) >= 11 is 0. The normalized spacial score (nSPS) is 18.4. The fourth-order valence-corrected chi connectivity index (χ4v) is 2.68. The van der Waals surface area contributed by atoms with Crippen LogP contribution in [0.15, 0.2) is 0 Å². The Labute approximate surface area is 154 Å². The number of nitrogens with zero attached hydrogens (tertiary/aromatic N) is 1. The van der Waals surface area contributed by atoms with Gasteiger partial charge in [0.15, 0.2) is 0 Å². The van der Waals surface area contributed by atoms with Gasteiger partial charge < -0.3 is 36.6 Å². The summed E-state index contributed by atoms with van der Waals surface area (Å²) in [6.07, 6.45) is 0.169. The van der Waals surface area contributed by atoms with Crippen LogP contribution in [-0.4, -0.2) is 87.7 Å². The van der Waals surface area contributed by atoms with Gasteiger partial charge in [0.1, 0.15) is 24.7 Å². The zero-order valence-corrected chi connectivity index (χ0v) is 14.6. The first-order valence-electron chi connectivity index (χ1n) is 8.36. The lowest BCUT2D eigenvalue weighted by molar-refractivity contribution is -0.142. The highest BCUT2D eigenvalue weighted by atomic mass is 16.4. The molecule has 3 amide bonds. The zero-order chi connectivity index (χ0) is 20.6. The number of aliphatic hydroxyl groups excluding tert-OH is 1. The lowest BCUT2D eigenvalue weighted by atomic mass is 10.1. The van der Waals surface area contributed by atoms with Crippen LogP contribution in [0, 0.1) is 0 Å². The molecule has 12 nitrogen and oxygen atoms in total. The van der Waals surface area contributed by atoms with E-state index in [1.54, 1.807) is 0 Å². The van der Waals surface area contributed by atoms with Gasteiger partial charge in [-0.3, -0.25) is 24.0 Å². The number of carboxylic acids is 2. The second-order valence-corrected chi connectivity index (χ2v) is 6.08. The van der Waals surface area contributed by atoms with Crippen LogP contribution in [0.3, 0.4) is 0 Å². The molecule has 3 unspecified atom stereocenters. The number of carboxylic acid groups (broad SMARTS) is 2. The Morgan fingerprint density at radius 2 is 1.81 bits per heavy atom. The topological polar surface area (TPSA) is 199 Å². The quantitative estimate of drug-likeness (QED) is 0.223. The predicted octanol–water partition coefficient (Wildman–Crippen LogP) is -3.15. The molecule has 0 radical (unpaired) electrons. The lowest BCUT2D eigenvalue weighted by Crippen LogP contribution is -2.56. The summed E-state index contributed by atoms with van der Waals surface area (Å²) in [6, 6.07) is -3.34. The Hall–Kier alpha value is -2.73. The van der Waals surface area contributed by atoms with Gasteiger partial charge in [-0.25, -0.2) is 0 Å². The fourth-order valence-electron chi connectivity index (χ4n) is 2.68. The van der Waals surface area contributed by atoms with Crippen molar-refractivity contribution in [2.45, 2.75) is 43.8 Å². The molecule has 1 rings (SSSR count). The number of carbonyl (C=O) groups excluding carboxylic acids is 3. The van der Waals surface area contributed by atoms with Crippen LogP contribution in [-0.2, 0) is 24.0 Å². The molecule has 1 aliphatic rings. The van der Waals surface area contributed by atoms with Crippen molar-refractivity contribution in [3.8, 4) is 0 Å². The van der Waals surface area contributed by atoms with E-state index < -0.39 is 67.4 Å². The molecule has 1 fully saturated rings. The standard InChI is InChI=1S/C15H24N4O8/c16-8(7-20)15(27)19-5-1-2-10(19)14(26)18-9(3-4-11(21)22)13(25)17-6-12(23)24/h8-10,20H,1-7,16H2,(H,17,25)(H,18,26)(H,21,22)(H,23,24). The Bertz CT molecular complexity index is 596. The number of amides is 3. The molecule has 1 aliphatic heterocycles. The summed E-state index contributed by atoms with van der Waals surface area (Å²) in [7, 11) is 0. The Morgan fingerprint density at radius 1 is 1.15 bits per heavy atom. The summed E-state index contributed by atoms with van der Waals surface area (Å²) in [5.74, 6) is -4.60. The van der Waals surface area contributed by atoms with Crippen molar-refractivity contribution in [1.29, 1.82) is 0 Å². The van der Waals surface area contributed by atoms with Crippen LogP contribution in [0.25, 0.3) is 0 Å². The Kier molecular flexibility index (Phi) is 8.62. The molecular formula is C15H24N4O8. The molecule has 0 aromatic carbocycles. The maximum absolute atomic E-state index is 12.5. The van der Waals surface area contributed by atoms with Gasteiger partial charge in [-0.15, -0.1) is 0 Å². The van der Waals surface area contributed by atoms with Crippen molar-refractivity contribution in [2.75, 3.05) is 19.7 Å². The third-order valence-electron chi connectivity index (χ3n) is 4.05. The van der Waals surface area contributed by atoms with Gasteiger partial charge in [-0.05, 0) is 19.3 Å². The molecule has 0 spiro atoms. The number of aliphatic carboxylic acids is 2. The van der Waals surface area contributed by atoms with E-state index in [0.717, 1.165) is 0 Å². The highest BCUT2D eigenvalue weighted by Gasteiger charge is 2.37. The third kappa shape index (κ3) is 6.83. The Morgan fingerprint density at radius 3 is 2.37 bits per heavy atom. The molecule has 0 aromatic heterocycles. The molecule has 1 saturated heterocycles. The molecule has 0 aliphatic carbocycles. The zero-order valence-electron chi connectivity index (χ0n) is 14.6. The third-order valence-corrected chi connectivity index (χ3v) is 4.05. The minimum Gasteiger partial charge on any atom is -0.481 e. The van der Waals surface area contributed by atoms with Crippen LogP contribution in [0.2, 0.25) is 0 Å². The molecule has 1 heterocycles. The summed E-state index contributed by atoms with van der Waals surface area (Å²) in [5.41, 5.74) is 5.50. The maximum atomic E-state index is 12.5. The molecule has 27 heavy (non-hydrogen) atoms. The van der Waals surface area contributed by atoms with Crippen LogP contribution in [0.1, 0.15) is 25.7 Å². The number of hydrogen-bond acceptors (Lipinski definition) is 7. The Balaban J connectivity index is 2.80. The summed E-state index contributed by atoms with van der Waals surface area (Å²) in [4.78, 5) is 59.2. The maximum Gasteiger partial charge on any atom is 0.322 e. The average molecular weight is 388 g/mol. The van der Waals surface area contributed by atoms with Gasteiger partial charge in [0.05, 0.1) is 6.61 Å². The molecule has 0 aromatic rings. The fraction of sp³-hybridized carbons (Fsp3) is 0.667. The predicted molar refractivity (Wildman–Crippen MR) is 89.2 cm³/mol. The van der Waals surface area contributed by atoms with Crippen LogP contribution in [0.5, 0.6) is 0 Å². The van der Waals surface area contributed by atoms with Gasteiger partial charge in [-0.2, -0.15) is 0 Å². The molecule has 12 heteroatoms. The van der Waals surface area contributed by atoms with Crippen LogP contribution >= 0.6 is 0 Å². The SMILES string of the molecule is NC(CO)C(=O)N1CCCC1C(=O)NC(CCC(=O)O)C(=O)NCC(=O)O. The number of nitrogens with two attached hydrogens (primary N) is 1. The van der Waals surface area contributed by atoms with Gasteiger partial charge >= 0.3 is 11.9 Å². The second-order valence-electron chi connectivity index (χ2n) is 6.08. The van der Waals surface area contributed by atoms with E-state index in [0.29, 0.717) is 12.8 Å². The molecule has 7 N–H and O–H groups in total. The monoisotopic (exact) mass is 388 g/mol. The van der Waals surface area contributed by atoms with E-state index in [9.17, 15) is 24.0 Å². The van der Waals surface area contributed by atoms with E-state index in [4.69, 9.17) is 21.1 Å². The molecule has 0 bridgehead atoms. The van der Waals surface area contributed by atoms with Crippen molar-refractivity contribution in [3.05, 3.63) is 0 Å². The number of aliphatic hydroxyl groups is 1. The summed E-state index contributed by atoms with van der Waals surface area (Å²) < 4.78 is 0. The second kappa shape index (κ2) is 10.4. The largest absolute Gasteiger partial charge is 0.481 e. The number of rotatable bonds is 10. The first-order valence-corrected chi connectivity index (χ1v) is 8.36. The van der Waals surface area contributed by atoms with E-state index in [2.05, 4.69) is 10.6 Å². The minimum absolute atomic E-state index is 0.247. The summed E-state index contributed by atoms with van der Waals surface area (Å²) in [6.45, 7) is -1.00. The van der Waals surface area contributed by atoms with E-state index in [-0.39, 0.29) is 13.0 Å². The first kappa shape index (κ1) is 22.3. The molecule has 3 atom stereocenters. The molecular weight excluding hydrogens is 364 g/mol. The smallest absolute Gasteiger partial charge is 0.322 e. The first-order chi connectivity index (χ1) is 12.7. The van der Waals surface area contributed by atoms with Crippen molar-refractivity contribution in [3.63, 3.8) is 0 Å². The number of likely N-dealkylation sites (tertiary alicyclic amines) is 1. The van der Waals surface area contributed by atoms with Gasteiger partial charge in [0, 0.05) is 13.0 Å². The van der Waals surface area contributed by atoms with Gasteiger partial charge in [0.25, 0.3) is 0 Å². The minimum atomic E-state index is -1.29. The van der Waals surface area contributed by atoms with Crippen molar-refractivity contribution < 1.29 is 39.3 Å². The van der Waals surface area contributed by atoms with Crippen molar-refractivity contribution >= 4 is 29.7 Å². The number of carbonyl (C=O) groups is 5. The van der Waals surface area contributed by atoms with E-state index in [1.165, 1.54) is 4.90 Å².